The summed E-state index contributed by atoms with van der Waals surface area (Å²) < 4.78 is 16.8. The van der Waals surface area contributed by atoms with E-state index in [2.05, 4.69) is 161 Å². The number of carbonyl (C=O) groups is 3. The molecular weight excluding hydrogens is 997 g/mol. The van der Waals surface area contributed by atoms with Gasteiger partial charge in [-0.15, -0.1) is 0 Å². The normalized spacial score (nSPS) is 13.1. The van der Waals surface area contributed by atoms with E-state index in [1.165, 1.54) is 116 Å². The van der Waals surface area contributed by atoms with Gasteiger partial charge in [-0.2, -0.15) is 0 Å². The minimum Gasteiger partial charge on any atom is -0.462 e. The van der Waals surface area contributed by atoms with E-state index in [4.69, 9.17) is 14.2 Å². The Labute approximate surface area is 499 Å². The summed E-state index contributed by atoms with van der Waals surface area (Å²) in [5.74, 6) is -1.02. The second kappa shape index (κ2) is 67.8. The van der Waals surface area contributed by atoms with Gasteiger partial charge in [-0.3, -0.25) is 14.4 Å². The summed E-state index contributed by atoms with van der Waals surface area (Å²) in [6, 6.07) is 0. The van der Waals surface area contributed by atoms with Gasteiger partial charge in [0.1, 0.15) is 13.2 Å². The zero-order valence-corrected chi connectivity index (χ0v) is 52.5. The predicted octanol–water partition coefficient (Wildman–Crippen LogP) is 23.1. The van der Waals surface area contributed by atoms with Crippen LogP contribution < -0.4 is 0 Å². The molecule has 1 unspecified atom stereocenters. The van der Waals surface area contributed by atoms with E-state index in [0.29, 0.717) is 19.3 Å². The molecule has 0 amide bonds. The number of esters is 3. The van der Waals surface area contributed by atoms with Crippen molar-refractivity contribution in [1.82, 2.24) is 0 Å². The molecule has 0 fully saturated rings. The van der Waals surface area contributed by atoms with Crippen molar-refractivity contribution < 1.29 is 28.6 Å². The first-order valence-electron chi connectivity index (χ1n) is 33.3. The van der Waals surface area contributed by atoms with Gasteiger partial charge in [-0.25, -0.2) is 0 Å². The molecule has 0 aromatic rings. The first kappa shape index (κ1) is 76.3. The van der Waals surface area contributed by atoms with Gasteiger partial charge in [0.15, 0.2) is 6.10 Å². The van der Waals surface area contributed by atoms with Crippen LogP contribution >= 0.6 is 0 Å². The lowest BCUT2D eigenvalue weighted by Gasteiger charge is -2.18. The van der Waals surface area contributed by atoms with Gasteiger partial charge in [0.2, 0.25) is 0 Å². The van der Waals surface area contributed by atoms with E-state index >= 15 is 0 Å². The van der Waals surface area contributed by atoms with Gasteiger partial charge in [0, 0.05) is 19.3 Å². The molecule has 0 spiro atoms. The Morgan fingerprint density at radius 1 is 0.259 bits per heavy atom. The summed E-state index contributed by atoms with van der Waals surface area (Å²) in [4.78, 5) is 38.3. The van der Waals surface area contributed by atoms with Gasteiger partial charge >= 0.3 is 17.9 Å². The molecule has 6 heteroatoms. The fourth-order valence-electron chi connectivity index (χ4n) is 8.90. The zero-order valence-electron chi connectivity index (χ0n) is 52.5. The molecule has 0 aliphatic rings. The number of unbranched alkanes of at least 4 members (excludes halogenated alkanes) is 24. The molecule has 0 aliphatic heterocycles. The lowest BCUT2D eigenvalue weighted by atomic mass is 10.0. The number of allylic oxidation sites excluding steroid dienone is 24. The number of hydrogen-bond donors (Lipinski definition) is 0. The smallest absolute Gasteiger partial charge is 0.306 e. The van der Waals surface area contributed by atoms with Crippen LogP contribution in [-0.2, 0) is 28.6 Å². The van der Waals surface area contributed by atoms with Gasteiger partial charge in [-0.05, 0) is 128 Å². The van der Waals surface area contributed by atoms with E-state index < -0.39 is 12.1 Å². The van der Waals surface area contributed by atoms with Gasteiger partial charge in [0.05, 0.1) is 0 Å². The summed E-state index contributed by atoms with van der Waals surface area (Å²) in [5.41, 5.74) is 0. The first-order chi connectivity index (χ1) is 40.0. The fraction of sp³-hybridized carbons (Fsp3) is 0.640. The zero-order chi connectivity index (χ0) is 58.5. The Morgan fingerprint density at radius 3 is 0.802 bits per heavy atom. The minimum atomic E-state index is -0.833. The molecule has 6 nitrogen and oxygen atoms in total. The Morgan fingerprint density at radius 2 is 0.506 bits per heavy atom. The molecule has 0 N–H and O–H groups in total. The second-order valence-electron chi connectivity index (χ2n) is 21.6. The van der Waals surface area contributed by atoms with E-state index in [0.717, 1.165) is 128 Å². The van der Waals surface area contributed by atoms with Crippen LogP contribution in [0.4, 0.5) is 0 Å². The largest absolute Gasteiger partial charge is 0.462 e. The van der Waals surface area contributed by atoms with E-state index in [-0.39, 0.29) is 31.6 Å². The van der Waals surface area contributed by atoms with Gasteiger partial charge in [-0.1, -0.05) is 289 Å². The maximum Gasteiger partial charge on any atom is 0.306 e. The van der Waals surface area contributed by atoms with E-state index in [9.17, 15) is 14.4 Å². The molecule has 0 bridgehead atoms. The molecule has 0 radical (unpaired) electrons. The molecule has 0 saturated carbocycles. The van der Waals surface area contributed by atoms with Crippen LogP contribution in [0.15, 0.2) is 146 Å². The highest BCUT2D eigenvalue weighted by molar-refractivity contribution is 5.71. The van der Waals surface area contributed by atoms with E-state index in [1.807, 2.05) is 6.08 Å². The number of hydrogen-bond acceptors (Lipinski definition) is 6. The standard InChI is InChI=1S/C75H122O6/c1-4-7-10-13-16-19-22-25-28-30-32-33-34-35-36-37-38-39-40-41-43-44-47-50-53-56-59-62-65-68-74(77)80-71-72(70-79-73(76)67-64-61-58-55-52-49-46-27-24-21-18-15-12-9-6-3)81-75(78)69-66-63-60-57-54-51-48-45-42-31-29-26-23-20-17-14-11-8-5-2/h8-9,11-12,17-18,20-22,25-27,29-30,32,34-35,42,45-46,51,54,60,63,72H,4-7,10,13-16,19,23-24,28,31,33,36-41,43-44,47-50,52-53,55-59,61-62,64-71H2,1-3H3/b11-8-,12-9-,20-17-,21-18-,25-22-,29-26-,32-30-,35-34-,45-42-,46-27-,54-51-,63-60-. The first-order valence-corrected chi connectivity index (χ1v) is 33.3. The number of ether oxygens (including phenoxy) is 3. The van der Waals surface area contributed by atoms with Crippen molar-refractivity contribution in [3.63, 3.8) is 0 Å². The Bertz CT molecular complexity index is 1760. The predicted molar refractivity (Wildman–Crippen MR) is 352 cm³/mol. The SMILES string of the molecule is CC/C=C\C/C=C\C/C=C\C/C=C\C/C=C\C/C=C\CCC(=O)OC(COC(=O)CCCCCCC/C=C\C/C=C\C/C=C\CC)COC(=O)CCCCCCCCCCCCCCCC/C=C\C/C=C\C/C=C\CCCCCCC. The summed E-state index contributed by atoms with van der Waals surface area (Å²) in [7, 11) is 0. The molecule has 0 aliphatic carbocycles. The quantitative estimate of drug-likeness (QED) is 0.0261. The summed E-state index contributed by atoms with van der Waals surface area (Å²) in [6.45, 7) is 6.33. The molecule has 0 saturated heterocycles. The van der Waals surface area contributed by atoms with Crippen LogP contribution in [0.3, 0.4) is 0 Å². The molecule has 1 atom stereocenters. The van der Waals surface area contributed by atoms with Crippen LogP contribution in [0.5, 0.6) is 0 Å². The van der Waals surface area contributed by atoms with Crippen molar-refractivity contribution in [3.05, 3.63) is 146 Å². The van der Waals surface area contributed by atoms with Gasteiger partial charge < -0.3 is 14.2 Å². The van der Waals surface area contributed by atoms with Crippen molar-refractivity contribution in [3.8, 4) is 0 Å². The lowest BCUT2D eigenvalue weighted by Crippen LogP contribution is -2.30. The van der Waals surface area contributed by atoms with Crippen molar-refractivity contribution in [2.24, 2.45) is 0 Å². The second-order valence-corrected chi connectivity index (χ2v) is 21.6. The lowest BCUT2D eigenvalue weighted by molar-refractivity contribution is -0.166. The van der Waals surface area contributed by atoms with Crippen molar-refractivity contribution in [2.75, 3.05) is 13.2 Å². The highest BCUT2D eigenvalue weighted by Gasteiger charge is 2.19. The summed E-state index contributed by atoms with van der Waals surface area (Å²) >= 11 is 0. The number of carbonyl (C=O) groups excluding carboxylic acids is 3. The van der Waals surface area contributed by atoms with Crippen LogP contribution in [0.1, 0.15) is 290 Å². The highest BCUT2D eigenvalue weighted by Crippen LogP contribution is 2.16. The van der Waals surface area contributed by atoms with Crippen molar-refractivity contribution >= 4 is 17.9 Å². The Kier molecular flexibility index (Phi) is 63.9. The average molecular weight is 1120 g/mol. The third-order valence-corrected chi connectivity index (χ3v) is 13.8. The third-order valence-electron chi connectivity index (χ3n) is 13.8. The van der Waals surface area contributed by atoms with Crippen LogP contribution in [0.2, 0.25) is 0 Å². The molecule has 0 heterocycles. The molecule has 458 valence electrons. The molecule has 0 aromatic heterocycles. The molecule has 81 heavy (non-hydrogen) atoms. The van der Waals surface area contributed by atoms with E-state index in [1.54, 1.807) is 0 Å². The monoisotopic (exact) mass is 1120 g/mol. The Balaban J connectivity index is 4.40. The number of rotatable bonds is 59. The summed E-state index contributed by atoms with van der Waals surface area (Å²) in [5, 5.41) is 0. The Hall–Kier alpha value is -4.71. The average Bonchev–Trinajstić information content (AvgIpc) is 3.47. The van der Waals surface area contributed by atoms with Crippen LogP contribution in [-0.4, -0.2) is 37.2 Å². The highest BCUT2D eigenvalue weighted by atomic mass is 16.6. The minimum absolute atomic E-state index is 0.118. The topological polar surface area (TPSA) is 78.9 Å². The maximum atomic E-state index is 12.9. The third kappa shape index (κ3) is 66.0. The molecule has 0 rings (SSSR count). The van der Waals surface area contributed by atoms with Crippen molar-refractivity contribution in [2.45, 2.75) is 297 Å². The molecular formula is C75H122O6. The summed E-state index contributed by atoms with van der Waals surface area (Å²) in [6.07, 6.45) is 97.4. The maximum absolute atomic E-state index is 12.9. The van der Waals surface area contributed by atoms with Crippen molar-refractivity contribution in [1.29, 1.82) is 0 Å². The fourth-order valence-corrected chi connectivity index (χ4v) is 8.90. The van der Waals surface area contributed by atoms with Gasteiger partial charge in [0.25, 0.3) is 0 Å². The van der Waals surface area contributed by atoms with Crippen LogP contribution in [0.25, 0.3) is 0 Å². The molecule has 0 aromatic carbocycles. The van der Waals surface area contributed by atoms with Crippen LogP contribution in [0, 0.1) is 0 Å².